The largest absolute Gasteiger partial charge is 0.380 e. The first kappa shape index (κ1) is 13.9. The molecule has 0 radical (unpaired) electrons. The Labute approximate surface area is 102 Å². The van der Waals surface area contributed by atoms with Gasteiger partial charge in [-0.25, -0.2) is 4.39 Å². The number of likely N-dealkylation sites (N-methyl/N-ethyl adjacent to an activating group) is 1. The highest BCUT2D eigenvalue weighted by atomic mass is 19.1. The number of ether oxygens (including phenoxy) is 1. The molecule has 1 aromatic carbocycles. The molecule has 0 aliphatic carbocycles. The van der Waals surface area contributed by atoms with Gasteiger partial charge in [0, 0.05) is 26.2 Å². The van der Waals surface area contributed by atoms with Crippen LogP contribution in [0.2, 0.25) is 0 Å². The first-order valence-electron chi connectivity index (χ1n) is 6.04. The van der Waals surface area contributed by atoms with Crippen LogP contribution in [-0.2, 0) is 11.3 Å². The molecule has 0 saturated heterocycles. The SMILES string of the molecule is CCOCCN(CC)c1ccc(CN)cc1F. The Kier molecular flexibility index (Phi) is 5.94. The highest BCUT2D eigenvalue weighted by Crippen LogP contribution is 2.20. The normalized spacial score (nSPS) is 10.6. The summed E-state index contributed by atoms with van der Waals surface area (Å²) in [4.78, 5) is 1.96. The molecule has 0 aromatic heterocycles. The Morgan fingerprint density at radius 1 is 1.35 bits per heavy atom. The quantitative estimate of drug-likeness (QED) is 0.742. The molecule has 17 heavy (non-hydrogen) atoms. The van der Waals surface area contributed by atoms with Crippen molar-refractivity contribution in [1.82, 2.24) is 0 Å². The Bertz CT molecular complexity index is 344. The van der Waals surface area contributed by atoms with Crippen molar-refractivity contribution >= 4 is 5.69 Å². The second-order valence-corrected chi connectivity index (χ2v) is 3.77. The van der Waals surface area contributed by atoms with Crippen molar-refractivity contribution in [2.75, 3.05) is 31.2 Å². The maximum absolute atomic E-state index is 13.8. The fourth-order valence-corrected chi connectivity index (χ4v) is 1.70. The van der Waals surface area contributed by atoms with E-state index >= 15 is 0 Å². The third kappa shape index (κ3) is 3.98. The van der Waals surface area contributed by atoms with Crippen LogP contribution in [0.5, 0.6) is 0 Å². The minimum atomic E-state index is -0.216. The van der Waals surface area contributed by atoms with Gasteiger partial charge in [0.05, 0.1) is 12.3 Å². The van der Waals surface area contributed by atoms with Crippen molar-refractivity contribution < 1.29 is 9.13 Å². The molecule has 2 N–H and O–H groups in total. The summed E-state index contributed by atoms with van der Waals surface area (Å²) in [7, 11) is 0. The molecular formula is C13H21FN2O. The molecule has 0 aliphatic rings. The van der Waals surface area contributed by atoms with E-state index in [0.29, 0.717) is 32.0 Å². The topological polar surface area (TPSA) is 38.5 Å². The van der Waals surface area contributed by atoms with Gasteiger partial charge < -0.3 is 15.4 Å². The average Bonchev–Trinajstić information content (AvgIpc) is 2.35. The summed E-state index contributed by atoms with van der Waals surface area (Å²) in [5.41, 5.74) is 6.90. The van der Waals surface area contributed by atoms with Gasteiger partial charge in [0.25, 0.3) is 0 Å². The number of nitrogens with zero attached hydrogens (tertiary/aromatic N) is 1. The molecule has 0 atom stereocenters. The van der Waals surface area contributed by atoms with Gasteiger partial charge in [-0.1, -0.05) is 6.07 Å². The zero-order chi connectivity index (χ0) is 12.7. The maximum Gasteiger partial charge on any atom is 0.146 e. The van der Waals surface area contributed by atoms with E-state index in [1.165, 1.54) is 6.07 Å². The summed E-state index contributed by atoms with van der Waals surface area (Å²) in [6.45, 7) is 7.07. The summed E-state index contributed by atoms with van der Waals surface area (Å²) in [5.74, 6) is -0.216. The van der Waals surface area contributed by atoms with Gasteiger partial charge in [0.1, 0.15) is 5.82 Å². The van der Waals surface area contributed by atoms with Crippen molar-refractivity contribution in [3.05, 3.63) is 29.6 Å². The second kappa shape index (κ2) is 7.25. The van der Waals surface area contributed by atoms with Gasteiger partial charge in [-0.15, -0.1) is 0 Å². The molecule has 0 bridgehead atoms. The van der Waals surface area contributed by atoms with E-state index in [-0.39, 0.29) is 5.82 Å². The molecule has 0 amide bonds. The number of hydrogen-bond donors (Lipinski definition) is 1. The smallest absolute Gasteiger partial charge is 0.146 e. The Morgan fingerprint density at radius 2 is 2.12 bits per heavy atom. The van der Waals surface area contributed by atoms with E-state index in [1.807, 2.05) is 24.8 Å². The highest BCUT2D eigenvalue weighted by Gasteiger charge is 2.10. The van der Waals surface area contributed by atoms with E-state index in [1.54, 1.807) is 6.07 Å². The van der Waals surface area contributed by atoms with E-state index < -0.39 is 0 Å². The standard InChI is InChI=1S/C13H21FN2O/c1-3-16(7-8-17-4-2)13-6-5-11(10-15)9-12(13)14/h5-6,9H,3-4,7-8,10,15H2,1-2H3. The van der Waals surface area contributed by atoms with E-state index in [4.69, 9.17) is 10.5 Å². The number of halogens is 1. The summed E-state index contributed by atoms with van der Waals surface area (Å²) in [5, 5.41) is 0. The van der Waals surface area contributed by atoms with Crippen LogP contribution in [0.1, 0.15) is 19.4 Å². The number of benzene rings is 1. The highest BCUT2D eigenvalue weighted by molar-refractivity contribution is 5.49. The van der Waals surface area contributed by atoms with Crippen molar-refractivity contribution in [3.63, 3.8) is 0 Å². The molecule has 96 valence electrons. The van der Waals surface area contributed by atoms with Crippen molar-refractivity contribution in [2.45, 2.75) is 20.4 Å². The molecule has 0 aliphatic heterocycles. The molecule has 1 aromatic rings. The van der Waals surface area contributed by atoms with Crippen LogP contribution in [0.15, 0.2) is 18.2 Å². The van der Waals surface area contributed by atoms with Crippen LogP contribution in [0, 0.1) is 5.82 Å². The Morgan fingerprint density at radius 3 is 2.65 bits per heavy atom. The van der Waals surface area contributed by atoms with Crippen molar-refractivity contribution in [2.24, 2.45) is 5.73 Å². The van der Waals surface area contributed by atoms with Crippen molar-refractivity contribution in [1.29, 1.82) is 0 Å². The zero-order valence-electron chi connectivity index (χ0n) is 10.6. The average molecular weight is 240 g/mol. The number of hydrogen-bond acceptors (Lipinski definition) is 3. The lowest BCUT2D eigenvalue weighted by atomic mass is 10.2. The minimum absolute atomic E-state index is 0.216. The molecule has 0 heterocycles. The first-order chi connectivity index (χ1) is 8.22. The van der Waals surface area contributed by atoms with E-state index in [0.717, 1.165) is 12.1 Å². The van der Waals surface area contributed by atoms with Crippen LogP contribution >= 0.6 is 0 Å². The molecule has 0 spiro atoms. The minimum Gasteiger partial charge on any atom is -0.380 e. The van der Waals surface area contributed by atoms with Gasteiger partial charge in [-0.2, -0.15) is 0 Å². The van der Waals surface area contributed by atoms with Crippen LogP contribution in [0.25, 0.3) is 0 Å². The van der Waals surface area contributed by atoms with Gasteiger partial charge in [-0.3, -0.25) is 0 Å². The van der Waals surface area contributed by atoms with Crippen LogP contribution in [-0.4, -0.2) is 26.3 Å². The number of rotatable bonds is 7. The van der Waals surface area contributed by atoms with Gasteiger partial charge in [-0.05, 0) is 31.5 Å². The monoisotopic (exact) mass is 240 g/mol. The zero-order valence-corrected chi connectivity index (χ0v) is 10.6. The predicted molar refractivity (Wildman–Crippen MR) is 68.7 cm³/mol. The van der Waals surface area contributed by atoms with Crippen LogP contribution in [0.4, 0.5) is 10.1 Å². The number of nitrogens with two attached hydrogens (primary N) is 1. The molecule has 1 rings (SSSR count). The third-order valence-electron chi connectivity index (χ3n) is 2.68. The lowest BCUT2D eigenvalue weighted by Crippen LogP contribution is -2.28. The van der Waals surface area contributed by atoms with E-state index in [9.17, 15) is 4.39 Å². The fourth-order valence-electron chi connectivity index (χ4n) is 1.70. The van der Waals surface area contributed by atoms with Gasteiger partial charge >= 0.3 is 0 Å². The Hall–Kier alpha value is -1.13. The number of anilines is 1. The van der Waals surface area contributed by atoms with Crippen LogP contribution < -0.4 is 10.6 Å². The molecule has 0 unspecified atom stereocenters. The van der Waals surface area contributed by atoms with Crippen molar-refractivity contribution in [3.8, 4) is 0 Å². The summed E-state index contributed by atoms with van der Waals surface area (Å²) >= 11 is 0. The lowest BCUT2D eigenvalue weighted by Gasteiger charge is -2.23. The molecule has 0 saturated carbocycles. The fraction of sp³-hybridized carbons (Fsp3) is 0.538. The first-order valence-corrected chi connectivity index (χ1v) is 6.04. The third-order valence-corrected chi connectivity index (χ3v) is 2.68. The summed E-state index contributed by atoms with van der Waals surface area (Å²) in [6.07, 6.45) is 0. The molecule has 4 heteroatoms. The predicted octanol–water partition coefficient (Wildman–Crippen LogP) is 2.15. The summed E-state index contributed by atoms with van der Waals surface area (Å²) < 4.78 is 19.1. The maximum atomic E-state index is 13.8. The van der Waals surface area contributed by atoms with E-state index in [2.05, 4.69) is 0 Å². The van der Waals surface area contributed by atoms with Gasteiger partial charge in [0.15, 0.2) is 0 Å². The molecular weight excluding hydrogens is 219 g/mol. The molecule has 3 nitrogen and oxygen atoms in total. The summed E-state index contributed by atoms with van der Waals surface area (Å²) in [6, 6.07) is 5.15. The van der Waals surface area contributed by atoms with Crippen LogP contribution in [0.3, 0.4) is 0 Å². The van der Waals surface area contributed by atoms with Gasteiger partial charge in [0.2, 0.25) is 0 Å². The molecule has 0 fully saturated rings. The Balaban J connectivity index is 2.73. The lowest BCUT2D eigenvalue weighted by molar-refractivity contribution is 0.154. The second-order valence-electron chi connectivity index (χ2n) is 3.77.